The highest BCUT2D eigenvalue weighted by atomic mass is 35.5. The molecule has 21 heavy (non-hydrogen) atoms. The van der Waals surface area contributed by atoms with E-state index in [-0.39, 0.29) is 19.0 Å². The molecule has 0 aliphatic carbocycles. The number of aromatic nitrogens is 1. The number of carboxylic acid groups (broad SMARTS) is 1. The van der Waals surface area contributed by atoms with Gasteiger partial charge in [-0.3, -0.25) is 9.69 Å². The van der Waals surface area contributed by atoms with E-state index in [2.05, 4.69) is 4.98 Å². The predicted octanol–water partition coefficient (Wildman–Crippen LogP) is 3.06. The normalized spacial score (nSPS) is 10.4. The molecule has 1 heterocycles. The summed E-state index contributed by atoms with van der Waals surface area (Å²) in [6, 6.07) is 9.64. The van der Waals surface area contributed by atoms with Crippen molar-refractivity contribution < 1.29 is 14.3 Å². The van der Waals surface area contributed by atoms with Crippen molar-refractivity contribution in [2.75, 3.05) is 13.1 Å². The maximum atomic E-state index is 10.8. The Hall–Kier alpha value is -1.85. The molecule has 114 valence electrons. The van der Waals surface area contributed by atoms with E-state index < -0.39 is 5.97 Å². The number of hydrogen-bond acceptors (Lipinski definition) is 4. The highest BCUT2D eigenvalue weighted by molar-refractivity contribution is 5.85. The van der Waals surface area contributed by atoms with Gasteiger partial charge in [-0.25, -0.2) is 4.98 Å². The fourth-order valence-corrected chi connectivity index (χ4v) is 2.04. The van der Waals surface area contributed by atoms with Crippen LogP contribution in [0.15, 0.2) is 41.0 Å². The van der Waals surface area contributed by atoms with Crippen molar-refractivity contribution in [3.63, 3.8) is 0 Å². The lowest BCUT2D eigenvalue weighted by Crippen LogP contribution is -2.30. The minimum Gasteiger partial charge on any atom is -0.480 e. The fourth-order valence-electron chi connectivity index (χ4n) is 2.04. The first-order chi connectivity index (χ1) is 9.69. The van der Waals surface area contributed by atoms with Crippen molar-refractivity contribution >= 4 is 18.4 Å². The largest absolute Gasteiger partial charge is 0.480 e. The average molecular weight is 311 g/mol. The number of aliphatic carboxylic acids is 1. The number of hydrogen-bond donors (Lipinski definition) is 1. The number of nitrogens with zero attached hydrogens (tertiary/aromatic N) is 2. The zero-order valence-electron chi connectivity index (χ0n) is 11.9. The molecule has 0 spiro atoms. The van der Waals surface area contributed by atoms with Gasteiger partial charge in [0, 0.05) is 12.1 Å². The van der Waals surface area contributed by atoms with E-state index in [9.17, 15) is 4.79 Å². The minimum absolute atomic E-state index is 0. The monoisotopic (exact) mass is 310 g/mol. The molecular weight excluding hydrogens is 292 g/mol. The van der Waals surface area contributed by atoms with E-state index in [1.807, 2.05) is 42.2 Å². The Morgan fingerprint density at radius 2 is 2.05 bits per heavy atom. The van der Waals surface area contributed by atoms with Crippen LogP contribution in [0.1, 0.15) is 19.0 Å². The van der Waals surface area contributed by atoms with Crippen molar-refractivity contribution in [1.82, 2.24) is 9.88 Å². The Bertz CT molecular complexity index is 557. The van der Waals surface area contributed by atoms with Gasteiger partial charge in [-0.2, -0.15) is 0 Å². The summed E-state index contributed by atoms with van der Waals surface area (Å²) in [6.07, 6.45) is 2.49. The smallest absolute Gasteiger partial charge is 0.317 e. The average Bonchev–Trinajstić information content (AvgIpc) is 2.88. The second-order valence-electron chi connectivity index (χ2n) is 4.61. The number of oxazole rings is 1. The molecule has 0 atom stereocenters. The van der Waals surface area contributed by atoms with Crippen molar-refractivity contribution in [1.29, 1.82) is 0 Å². The zero-order valence-corrected chi connectivity index (χ0v) is 12.7. The molecule has 1 aromatic carbocycles. The number of carbonyl (C=O) groups is 1. The SMILES string of the molecule is CCCN(CC(=O)O)Cc1coc(-c2ccccc2)n1.Cl. The number of benzene rings is 1. The molecular formula is C15H19ClN2O3. The molecule has 1 N–H and O–H groups in total. The maximum Gasteiger partial charge on any atom is 0.317 e. The molecule has 6 heteroatoms. The van der Waals surface area contributed by atoms with Gasteiger partial charge in [-0.15, -0.1) is 12.4 Å². The van der Waals surface area contributed by atoms with Gasteiger partial charge in [0.25, 0.3) is 0 Å². The quantitative estimate of drug-likeness (QED) is 0.851. The second kappa shape index (κ2) is 8.44. The Morgan fingerprint density at radius 3 is 2.67 bits per heavy atom. The molecule has 0 unspecified atom stereocenters. The van der Waals surface area contributed by atoms with Gasteiger partial charge >= 0.3 is 5.97 Å². The predicted molar refractivity (Wildman–Crippen MR) is 82.4 cm³/mol. The molecule has 0 fully saturated rings. The van der Waals surface area contributed by atoms with Crippen LogP contribution in [0.4, 0.5) is 0 Å². The maximum absolute atomic E-state index is 10.8. The van der Waals surface area contributed by atoms with Gasteiger partial charge in [0.2, 0.25) is 5.89 Å². The lowest BCUT2D eigenvalue weighted by molar-refractivity contribution is -0.138. The Balaban J connectivity index is 0.00000220. The van der Waals surface area contributed by atoms with Crippen LogP contribution < -0.4 is 0 Å². The van der Waals surface area contributed by atoms with E-state index in [0.717, 1.165) is 24.2 Å². The molecule has 0 amide bonds. The summed E-state index contributed by atoms with van der Waals surface area (Å²) in [5.41, 5.74) is 1.66. The topological polar surface area (TPSA) is 66.6 Å². The van der Waals surface area contributed by atoms with E-state index in [0.29, 0.717) is 12.4 Å². The lowest BCUT2D eigenvalue weighted by atomic mass is 10.2. The van der Waals surface area contributed by atoms with Crippen molar-refractivity contribution in [3.05, 3.63) is 42.3 Å². The van der Waals surface area contributed by atoms with Gasteiger partial charge < -0.3 is 9.52 Å². The lowest BCUT2D eigenvalue weighted by Gasteiger charge is -2.17. The Kier molecular flexibility index (Phi) is 6.91. The molecule has 0 saturated heterocycles. The number of rotatable bonds is 7. The van der Waals surface area contributed by atoms with Crippen LogP contribution in [0.5, 0.6) is 0 Å². The summed E-state index contributed by atoms with van der Waals surface area (Å²) in [5.74, 6) is -0.266. The van der Waals surface area contributed by atoms with Crippen molar-refractivity contribution in [2.45, 2.75) is 19.9 Å². The third-order valence-corrected chi connectivity index (χ3v) is 2.86. The third kappa shape index (κ3) is 5.21. The van der Waals surface area contributed by atoms with E-state index in [1.54, 1.807) is 6.26 Å². The molecule has 0 radical (unpaired) electrons. The van der Waals surface area contributed by atoms with Gasteiger partial charge in [0.05, 0.1) is 12.2 Å². The second-order valence-corrected chi connectivity index (χ2v) is 4.61. The van der Waals surface area contributed by atoms with Gasteiger partial charge in [-0.1, -0.05) is 25.1 Å². The highest BCUT2D eigenvalue weighted by Crippen LogP contribution is 2.18. The van der Waals surface area contributed by atoms with Gasteiger partial charge in [0.1, 0.15) is 6.26 Å². The van der Waals surface area contributed by atoms with Crippen LogP contribution in [-0.4, -0.2) is 34.0 Å². The Labute approximate surface area is 130 Å². The van der Waals surface area contributed by atoms with E-state index in [4.69, 9.17) is 9.52 Å². The van der Waals surface area contributed by atoms with Crippen molar-refractivity contribution in [2.24, 2.45) is 0 Å². The van der Waals surface area contributed by atoms with E-state index >= 15 is 0 Å². The third-order valence-electron chi connectivity index (χ3n) is 2.86. The summed E-state index contributed by atoms with van der Waals surface area (Å²) < 4.78 is 5.45. The van der Waals surface area contributed by atoms with Crippen molar-refractivity contribution in [3.8, 4) is 11.5 Å². The summed E-state index contributed by atoms with van der Waals surface area (Å²) in [7, 11) is 0. The highest BCUT2D eigenvalue weighted by Gasteiger charge is 2.13. The van der Waals surface area contributed by atoms with Gasteiger partial charge in [-0.05, 0) is 25.1 Å². The fraction of sp³-hybridized carbons (Fsp3) is 0.333. The molecule has 1 aromatic heterocycles. The molecule has 5 nitrogen and oxygen atoms in total. The molecule has 0 saturated carbocycles. The minimum atomic E-state index is -0.828. The molecule has 2 rings (SSSR count). The number of carboxylic acids is 1. The molecule has 2 aromatic rings. The summed E-state index contributed by atoms with van der Waals surface area (Å²) in [4.78, 5) is 17.1. The van der Waals surface area contributed by atoms with Crippen LogP contribution in [0.25, 0.3) is 11.5 Å². The Morgan fingerprint density at radius 1 is 1.33 bits per heavy atom. The van der Waals surface area contributed by atoms with Crippen LogP contribution in [-0.2, 0) is 11.3 Å². The molecule has 0 aliphatic rings. The first kappa shape index (κ1) is 17.2. The van der Waals surface area contributed by atoms with Crippen LogP contribution >= 0.6 is 12.4 Å². The molecule has 0 aliphatic heterocycles. The van der Waals surface area contributed by atoms with Gasteiger partial charge in [0.15, 0.2) is 0 Å². The van der Waals surface area contributed by atoms with Crippen LogP contribution in [0.3, 0.4) is 0 Å². The van der Waals surface area contributed by atoms with Crippen LogP contribution in [0.2, 0.25) is 0 Å². The van der Waals surface area contributed by atoms with Crippen LogP contribution in [0, 0.1) is 0 Å². The first-order valence-electron chi connectivity index (χ1n) is 6.63. The summed E-state index contributed by atoms with van der Waals surface area (Å²) >= 11 is 0. The molecule has 0 bridgehead atoms. The zero-order chi connectivity index (χ0) is 14.4. The van der Waals surface area contributed by atoms with E-state index in [1.165, 1.54) is 0 Å². The standard InChI is InChI=1S/C15H18N2O3.ClH/c1-2-8-17(10-14(18)19)9-13-11-20-15(16-13)12-6-4-3-5-7-12;/h3-7,11H,2,8-10H2,1H3,(H,18,19);1H. The number of halogens is 1. The first-order valence-corrected chi connectivity index (χ1v) is 6.63. The summed E-state index contributed by atoms with van der Waals surface area (Å²) in [6.45, 7) is 3.24. The summed E-state index contributed by atoms with van der Waals surface area (Å²) in [5, 5.41) is 8.89.